The summed E-state index contributed by atoms with van der Waals surface area (Å²) in [6.07, 6.45) is 0.440. The van der Waals surface area contributed by atoms with E-state index >= 15 is 0 Å². The maximum atomic E-state index is 13.0. The van der Waals surface area contributed by atoms with Crippen LogP contribution in [-0.4, -0.2) is 19.5 Å². The lowest BCUT2D eigenvalue weighted by Crippen LogP contribution is -2.20. The lowest BCUT2D eigenvalue weighted by Gasteiger charge is -2.09. The summed E-state index contributed by atoms with van der Waals surface area (Å²) < 4.78 is 40.2. The van der Waals surface area contributed by atoms with Crippen molar-refractivity contribution in [3.05, 3.63) is 82.7 Å². The van der Waals surface area contributed by atoms with E-state index in [1.54, 1.807) is 24.5 Å². The quantitative estimate of drug-likeness (QED) is 0.438. The second-order valence-electron chi connectivity index (χ2n) is 6.80. The highest BCUT2D eigenvalue weighted by atomic mass is 32.1. The first-order chi connectivity index (χ1) is 14.4. The van der Waals surface area contributed by atoms with Gasteiger partial charge in [-0.1, -0.05) is 12.1 Å². The summed E-state index contributed by atoms with van der Waals surface area (Å²) in [5, 5.41) is 1.37. The van der Waals surface area contributed by atoms with Gasteiger partial charge in [0.25, 0.3) is 5.56 Å². The van der Waals surface area contributed by atoms with Crippen LogP contribution in [-0.2, 0) is 12.7 Å². The molecule has 150 valence electrons. The number of hydrogen-bond donors (Lipinski definition) is 1. The number of pyridine rings is 1. The Morgan fingerprint density at radius 3 is 2.77 bits per heavy atom. The number of rotatable bonds is 3. The first kappa shape index (κ1) is 18.6. The summed E-state index contributed by atoms with van der Waals surface area (Å²) in [5.41, 5.74) is 1.03. The lowest BCUT2D eigenvalue weighted by atomic mass is 10.1. The standard InChI is InChI=1S/C21H13F3N4OS/c22-21(23,24)13-3-1-2-12(8-13)10-28-11-27-19-16(20(28)29)9-17(30-19)14-4-6-25-18-15(14)5-7-26-18/h1-9,11H,10H2,(H,25,26). The molecule has 0 atom stereocenters. The van der Waals surface area contributed by atoms with Crippen molar-refractivity contribution in [1.82, 2.24) is 19.5 Å². The molecule has 5 aromatic rings. The molecular weight excluding hydrogens is 413 g/mol. The zero-order valence-corrected chi connectivity index (χ0v) is 16.1. The molecule has 0 aliphatic rings. The zero-order valence-electron chi connectivity index (χ0n) is 15.3. The number of alkyl halides is 3. The number of nitrogens with one attached hydrogen (secondary N) is 1. The number of thiophene rings is 1. The van der Waals surface area contributed by atoms with Crippen molar-refractivity contribution in [3.63, 3.8) is 0 Å². The maximum absolute atomic E-state index is 13.0. The Bertz CT molecular complexity index is 1450. The van der Waals surface area contributed by atoms with Crippen LogP contribution in [0, 0.1) is 0 Å². The Morgan fingerprint density at radius 1 is 1.07 bits per heavy atom. The Hall–Kier alpha value is -3.46. The maximum Gasteiger partial charge on any atom is 0.416 e. The molecule has 0 spiro atoms. The number of H-pyrrole nitrogens is 1. The summed E-state index contributed by atoms with van der Waals surface area (Å²) in [4.78, 5) is 26.1. The van der Waals surface area contributed by atoms with E-state index in [4.69, 9.17) is 0 Å². The van der Waals surface area contributed by atoms with Gasteiger partial charge in [0.15, 0.2) is 0 Å². The van der Waals surface area contributed by atoms with Crippen LogP contribution >= 0.6 is 11.3 Å². The van der Waals surface area contributed by atoms with Gasteiger partial charge in [-0.15, -0.1) is 11.3 Å². The second-order valence-corrected chi connectivity index (χ2v) is 7.83. The third-order valence-corrected chi connectivity index (χ3v) is 5.93. The van der Waals surface area contributed by atoms with Crippen LogP contribution in [0.1, 0.15) is 11.1 Å². The van der Waals surface area contributed by atoms with Gasteiger partial charge < -0.3 is 4.98 Å². The molecule has 0 saturated heterocycles. The Balaban J connectivity index is 1.56. The molecule has 0 fully saturated rings. The average Bonchev–Trinajstić information content (AvgIpc) is 3.37. The van der Waals surface area contributed by atoms with Crippen LogP contribution in [0.2, 0.25) is 0 Å². The van der Waals surface area contributed by atoms with E-state index in [-0.39, 0.29) is 12.1 Å². The van der Waals surface area contributed by atoms with E-state index in [0.29, 0.717) is 15.8 Å². The van der Waals surface area contributed by atoms with Gasteiger partial charge in [-0.05, 0) is 35.9 Å². The smallest absolute Gasteiger partial charge is 0.346 e. The predicted octanol–water partition coefficient (Wildman–Crippen LogP) is 5.07. The van der Waals surface area contributed by atoms with Crippen LogP contribution in [0.15, 0.2) is 66.0 Å². The van der Waals surface area contributed by atoms with Gasteiger partial charge in [-0.3, -0.25) is 9.36 Å². The topological polar surface area (TPSA) is 63.6 Å². The van der Waals surface area contributed by atoms with Crippen molar-refractivity contribution in [3.8, 4) is 10.4 Å². The van der Waals surface area contributed by atoms with E-state index in [2.05, 4.69) is 15.0 Å². The first-order valence-electron chi connectivity index (χ1n) is 8.98. The molecule has 0 aliphatic carbocycles. The van der Waals surface area contributed by atoms with Crippen LogP contribution < -0.4 is 5.56 Å². The van der Waals surface area contributed by atoms with Crippen molar-refractivity contribution in [2.24, 2.45) is 0 Å². The molecule has 0 unspecified atom stereocenters. The highest BCUT2D eigenvalue weighted by molar-refractivity contribution is 7.21. The summed E-state index contributed by atoms with van der Waals surface area (Å²) in [7, 11) is 0. The molecule has 1 aromatic carbocycles. The molecule has 1 N–H and O–H groups in total. The summed E-state index contributed by atoms with van der Waals surface area (Å²) in [6, 6.07) is 10.5. The second kappa shape index (κ2) is 6.81. The number of aromatic amines is 1. The summed E-state index contributed by atoms with van der Waals surface area (Å²) >= 11 is 1.39. The van der Waals surface area contributed by atoms with E-state index in [1.165, 1.54) is 28.3 Å². The molecular formula is C21H13F3N4OS. The van der Waals surface area contributed by atoms with E-state index in [0.717, 1.165) is 33.6 Å². The molecule has 30 heavy (non-hydrogen) atoms. The molecule has 0 radical (unpaired) electrons. The zero-order chi connectivity index (χ0) is 20.9. The fourth-order valence-corrected chi connectivity index (χ4v) is 4.45. The summed E-state index contributed by atoms with van der Waals surface area (Å²) in [6.45, 7) is 0.00812. The molecule has 0 saturated carbocycles. The highest BCUT2D eigenvalue weighted by Gasteiger charge is 2.30. The van der Waals surface area contributed by atoms with Crippen LogP contribution in [0.25, 0.3) is 31.7 Å². The third kappa shape index (κ3) is 3.17. The molecule has 5 rings (SSSR count). The Kier molecular flexibility index (Phi) is 4.21. The number of aromatic nitrogens is 4. The highest BCUT2D eigenvalue weighted by Crippen LogP contribution is 2.34. The molecule has 4 heterocycles. The predicted molar refractivity (Wildman–Crippen MR) is 110 cm³/mol. The molecule has 4 aromatic heterocycles. The van der Waals surface area contributed by atoms with Crippen LogP contribution in [0.3, 0.4) is 0 Å². The van der Waals surface area contributed by atoms with Gasteiger partial charge in [-0.2, -0.15) is 13.2 Å². The van der Waals surface area contributed by atoms with Gasteiger partial charge in [-0.25, -0.2) is 9.97 Å². The molecule has 5 nitrogen and oxygen atoms in total. The minimum atomic E-state index is -4.43. The van der Waals surface area contributed by atoms with Gasteiger partial charge in [0.2, 0.25) is 0 Å². The van der Waals surface area contributed by atoms with Crippen LogP contribution in [0.5, 0.6) is 0 Å². The molecule has 9 heteroatoms. The van der Waals surface area contributed by atoms with Gasteiger partial charge >= 0.3 is 6.18 Å². The van der Waals surface area contributed by atoms with Crippen molar-refractivity contribution in [2.75, 3.05) is 0 Å². The third-order valence-electron chi connectivity index (χ3n) is 4.85. The average molecular weight is 426 g/mol. The fraction of sp³-hybridized carbons (Fsp3) is 0.0952. The minimum Gasteiger partial charge on any atom is -0.346 e. The number of benzene rings is 1. The van der Waals surface area contributed by atoms with Crippen molar-refractivity contribution < 1.29 is 13.2 Å². The minimum absolute atomic E-state index is 0.00812. The largest absolute Gasteiger partial charge is 0.416 e. The first-order valence-corrected chi connectivity index (χ1v) is 9.79. The van der Waals surface area contributed by atoms with Crippen molar-refractivity contribution in [1.29, 1.82) is 0 Å². The Labute approximate surface area is 171 Å². The van der Waals surface area contributed by atoms with E-state index in [1.807, 2.05) is 12.1 Å². The molecule has 0 amide bonds. The summed E-state index contributed by atoms with van der Waals surface area (Å²) in [5.74, 6) is 0. The molecule has 0 aliphatic heterocycles. The molecule has 0 bridgehead atoms. The number of halogens is 3. The van der Waals surface area contributed by atoms with Crippen molar-refractivity contribution >= 4 is 32.6 Å². The van der Waals surface area contributed by atoms with Crippen LogP contribution in [0.4, 0.5) is 13.2 Å². The van der Waals surface area contributed by atoms with E-state index < -0.39 is 11.7 Å². The van der Waals surface area contributed by atoms with Gasteiger partial charge in [0.1, 0.15) is 10.5 Å². The van der Waals surface area contributed by atoms with E-state index in [9.17, 15) is 18.0 Å². The fourth-order valence-electron chi connectivity index (χ4n) is 3.42. The number of nitrogens with zero attached hydrogens (tertiary/aromatic N) is 3. The van der Waals surface area contributed by atoms with Gasteiger partial charge in [0, 0.05) is 28.2 Å². The SMILES string of the molecule is O=c1c2cc(-c3ccnc4[nH]ccc34)sc2ncn1Cc1cccc(C(F)(F)F)c1. The lowest BCUT2D eigenvalue weighted by molar-refractivity contribution is -0.137. The van der Waals surface area contributed by atoms with Gasteiger partial charge in [0.05, 0.1) is 23.8 Å². The normalized spacial score (nSPS) is 12.1. The van der Waals surface area contributed by atoms with Crippen molar-refractivity contribution in [2.45, 2.75) is 12.7 Å². The number of hydrogen-bond acceptors (Lipinski definition) is 4. The monoisotopic (exact) mass is 426 g/mol. The number of fused-ring (bicyclic) bond motifs is 2. The Morgan fingerprint density at radius 2 is 1.93 bits per heavy atom.